The Labute approximate surface area is 196 Å². The highest BCUT2D eigenvalue weighted by Gasteiger charge is 2.22. The number of nitrogens with zero attached hydrogens (tertiary/aromatic N) is 4. The molecule has 1 saturated heterocycles. The molecule has 0 aliphatic carbocycles. The number of amides is 1. The maximum atomic E-state index is 12.6. The molecule has 168 valence electrons. The second kappa shape index (κ2) is 9.95. The molecule has 0 spiro atoms. The van der Waals surface area contributed by atoms with Gasteiger partial charge < -0.3 is 14.6 Å². The first-order chi connectivity index (χ1) is 16.3. The van der Waals surface area contributed by atoms with E-state index in [2.05, 4.69) is 32.5 Å². The Morgan fingerprint density at radius 1 is 0.939 bits per heavy atom. The van der Waals surface area contributed by atoms with Crippen LogP contribution in [0.25, 0.3) is 11.1 Å². The van der Waals surface area contributed by atoms with Crippen LogP contribution < -0.4 is 10.2 Å². The summed E-state index contributed by atoms with van der Waals surface area (Å²) in [6, 6.07) is 21.9. The van der Waals surface area contributed by atoms with Crippen molar-refractivity contribution in [1.29, 1.82) is 0 Å². The lowest BCUT2D eigenvalue weighted by Gasteiger charge is -2.17. The van der Waals surface area contributed by atoms with Gasteiger partial charge in [0, 0.05) is 18.8 Å². The summed E-state index contributed by atoms with van der Waals surface area (Å²) in [6.07, 6.45) is 3.97. The van der Waals surface area contributed by atoms with Gasteiger partial charge in [0.2, 0.25) is 11.9 Å². The molecule has 0 atom stereocenters. The van der Waals surface area contributed by atoms with Gasteiger partial charge in [-0.1, -0.05) is 54.2 Å². The number of furan rings is 1. The van der Waals surface area contributed by atoms with Gasteiger partial charge in [0.1, 0.15) is 5.76 Å². The highest BCUT2D eigenvalue weighted by Crippen LogP contribution is 2.26. The van der Waals surface area contributed by atoms with E-state index in [4.69, 9.17) is 4.42 Å². The Kier molecular flexibility index (Phi) is 6.44. The average Bonchev–Trinajstić information content (AvgIpc) is 3.62. The molecular weight excluding hydrogens is 434 g/mol. The van der Waals surface area contributed by atoms with Gasteiger partial charge in [-0.15, -0.1) is 10.2 Å². The quantitative estimate of drug-likeness (QED) is 0.377. The predicted octanol–water partition coefficient (Wildman–Crippen LogP) is 4.92. The lowest BCUT2D eigenvalue weighted by molar-refractivity contribution is -0.113. The molecule has 8 heteroatoms. The Morgan fingerprint density at radius 2 is 1.70 bits per heavy atom. The van der Waals surface area contributed by atoms with Gasteiger partial charge in [-0.2, -0.15) is 0 Å². The second-order valence-corrected chi connectivity index (χ2v) is 8.86. The van der Waals surface area contributed by atoms with E-state index in [1.807, 2.05) is 59.2 Å². The minimum absolute atomic E-state index is 0.0808. The fourth-order valence-corrected chi connectivity index (χ4v) is 4.67. The molecule has 2 aromatic carbocycles. The zero-order valence-corrected chi connectivity index (χ0v) is 19.0. The molecule has 0 unspecified atom stereocenters. The topological polar surface area (TPSA) is 76.2 Å². The molecule has 2 aromatic heterocycles. The Bertz CT molecular complexity index is 1180. The fraction of sp³-hybridized carbons (Fsp3) is 0.240. The van der Waals surface area contributed by atoms with Crippen LogP contribution in [0.5, 0.6) is 0 Å². The maximum absolute atomic E-state index is 12.6. The van der Waals surface area contributed by atoms with Gasteiger partial charge >= 0.3 is 0 Å². The molecule has 7 nitrogen and oxygen atoms in total. The number of carbonyl (C=O) groups is 1. The number of carbonyl (C=O) groups excluding carboxylic acids is 1. The van der Waals surface area contributed by atoms with Crippen molar-refractivity contribution in [3.8, 4) is 11.1 Å². The van der Waals surface area contributed by atoms with Gasteiger partial charge in [0.15, 0.2) is 5.16 Å². The molecule has 1 aliphatic rings. The van der Waals surface area contributed by atoms with E-state index in [9.17, 15) is 4.79 Å². The van der Waals surface area contributed by atoms with Crippen molar-refractivity contribution in [3.05, 3.63) is 78.8 Å². The van der Waals surface area contributed by atoms with E-state index >= 15 is 0 Å². The van der Waals surface area contributed by atoms with Crippen molar-refractivity contribution in [1.82, 2.24) is 14.8 Å². The normalized spacial score (nSPS) is 13.4. The van der Waals surface area contributed by atoms with Gasteiger partial charge in [0.25, 0.3) is 0 Å². The fourth-order valence-electron chi connectivity index (χ4n) is 3.94. The zero-order chi connectivity index (χ0) is 22.5. The van der Waals surface area contributed by atoms with Crippen molar-refractivity contribution in [2.45, 2.75) is 24.5 Å². The highest BCUT2D eigenvalue weighted by atomic mass is 32.2. The van der Waals surface area contributed by atoms with E-state index in [0.717, 1.165) is 54.5 Å². The molecule has 33 heavy (non-hydrogen) atoms. The van der Waals surface area contributed by atoms with Crippen LogP contribution in [-0.2, 0) is 11.3 Å². The first kappa shape index (κ1) is 21.3. The smallest absolute Gasteiger partial charge is 0.234 e. The minimum atomic E-state index is -0.0808. The van der Waals surface area contributed by atoms with E-state index < -0.39 is 0 Å². The summed E-state index contributed by atoms with van der Waals surface area (Å²) in [5.74, 6) is 1.84. The van der Waals surface area contributed by atoms with Gasteiger partial charge in [0.05, 0.1) is 18.6 Å². The molecule has 1 aliphatic heterocycles. The van der Waals surface area contributed by atoms with Crippen molar-refractivity contribution in [2.24, 2.45) is 0 Å². The number of rotatable bonds is 8. The number of anilines is 2. The number of nitrogens with one attached hydrogen (secondary N) is 1. The van der Waals surface area contributed by atoms with Gasteiger partial charge in [-0.05, 0) is 48.2 Å². The van der Waals surface area contributed by atoms with Crippen LogP contribution in [0, 0.1) is 0 Å². The lowest BCUT2D eigenvalue weighted by Crippen LogP contribution is -2.22. The van der Waals surface area contributed by atoms with E-state index in [-0.39, 0.29) is 11.7 Å². The Hall–Kier alpha value is -3.52. The first-order valence-corrected chi connectivity index (χ1v) is 12.0. The predicted molar refractivity (Wildman–Crippen MR) is 131 cm³/mol. The number of thioether (sulfide) groups is 1. The Balaban J connectivity index is 1.24. The maximum Gasteiger partial charge on any atom is 0.234 e. The summed E-state index contributed by atoms with van der Waals surface area (Å²) >= 11 is 1.38. The average molecular weight is 460 g/mol. The molecule has 0 radical (unpaired) electrons. The van der Waals surface area contributed by atoms with Crippen molar-refractivity contribution in [3.63, 3.8) is 0 Å². The van der Waals surface area contributed by atoms with E-state index in [1.54, 1.807) is 6.26 Å². The summed E-state index contributed by atoms with van der Waals surface area (Å²) in [7, 11) is 0. The van der Waals surface area contributed by atoms with Crippen LogP contribution in [0.15, 0.2) is 82.6 Å². The summed E-state index contributed by atoms with van der Waals surface area (Å²) in [6.45, 7) is 2.48. The molecule has 0 saturated carbocycles. The SMILES string of the molecule is O=C(CSc1nnc(N2CCCC2)n1Cc1ccco1)Nc1ccc(-c2ccccc2)cc1. The standard InChI is InChI=1S/C25H25N5O2S/c31-23(26-21-12-10-20(11-13-21)19-7-2-1-3-8-19)18-33-25-28-27-24(29-14-4-5-15-29)30(25)17-22-9-6-16-32-22/h1-3,6-13,16H,4-5,14-15,17-18H2,(H,26,31). The monoisotopic (exact) mass is 459 g/mol. The van der Waals surface area contributed by atoms with Crippen LogP contribution in [0.4, 0.5) is 11.6 Å². The van der Waals surface area contributed by atoms with E-state index in [0.29, 0.717) is 11.7 Å². The highest BCUT2D eigenvalue weighted by molar-refractivity contribution is 7.99. The molecule has 1 amide bonds. The Morgan fingerprint density at radius 3 is 2.42 bits per heavy atom. The summed E-state index contributed by atoms with van der Waals surface area (Å²) in [5, 5.41) is 12.5. The third-order valence-electron chi connectivity index (χ3n) is 5.59. The minimum Gasteiger partial charge on any atom is -0.467 e. The first-order valence-electron chi connectivity index (χ1n) is 11.0. The molecule has 0 bridgehead atoms. The van der Waals surface area contributed by atoms with Crippen molar-refractivity contribution in [2.75, 3.05) is 29.1 Å². The van der Waals surface area contributed by atoms with Crippen LogP contribution >= 0.6 is 11.8 Å². The largest absolute Gasteiger partial charge is 0.467 e. The summed E-state index contributed by atoms with van der Waals surface area (Å²) < 4.78 is 7.58. The van der Waals surface area contributed by atoms with E-state index in [1.165, 1.54) is 11.8 Å². The number of benzene rings is 2. The van der Waals surface area contributed by atoms with Gasteiger partial charge in [-0.25, -0.2) is 0 Å². The van der Waals surface area contributed by atoms with Crippen LogP contribution in [0.2, 0.25) is 0 Å². The molecule has 1 N–H and O–H groups in total. The molecule has 4 aromatic rings. The van der Waals surface area contributed by atoms with Crippen LogP contribution in [0.1, 0.15) is 18.6 Å². The van der Waals surface area contributed by atoms with Crippen LogP contribution in [-0.4, -0.2) is 39.5 Å². The third kappa shape index (κ3) is 5.12. The van der Waals surface area contributed by atoms with Crippen LogP contribution in [0.3, 0.4) is 0 Å². The van der Waals surface area contributed by atoms with Gasteiger partial charge in [-0.3, -0.25) is 9.36 Å². The number of aromatic nitrogens is 3. The summed E-state index contributed by atoms with van der Waals surface area (Å²) in [5.41, 5.74) is 3.04. The third-order valence-corrected chi connectivity index (χ3v) is 6.56. The molecule has 5 rings (SSSR count). The summed E-state index contributed by atoms with van der Waals surface area (Å²) in [4.78, 5) is 14.9. The zero-order valence-electron chi connectivity index (χ0n) is 18.2. The van der Waals surface area contributed by atoms with Crippen molar-refractivity contribution < 1.29 is 9.21 Å². The number of hydrogen-bond acceptors (Lipinski definition) is 6. The molecular formula is C25H25N5O2S. The molecule has 3 heterocycles. The molecule has 1 fully saturated rings. The van der Waals surface area contributed by atoms with Crippen molar-refractivity contribution >= 4 is 29.3 Å². The lowest BCUT2D eigenvalue weighted by atomic mass is 10.1. The number of hydrogen-bond donors (Lipinski definition) is 1. The second-order valence-electron chi connectivity index (χ2n) is 7.92.